The molecule has 22 heavy (non-hydrogen) atoms. The molecule has 0 aliphatic heterocycles. The molecular formula is C14H30N4O4. The third kappa shape index (κ3) is 14.9. The molecule has 0 aliphatic rings. The molecule has 8 heteroatoms. The fraction of sp³-hybridized carbons (Fsp3) is 0.857. The van der Waals surface area contributed by atoms with Crippen LogP contribution in [0.3, 0.4) is 0 Å². The number of nitrogens with one attached hydrogen (secondary N) is 4. The van der Waals surface area contributed by atoms with Gasteiger partial charge in [0.25, 0.3) is 0 Å². The monoisotopic (exact) mass is 318 g/mol. The van der Waals surface area contributed by atoms with Gasteiger partial charge in [-0.05, 0) is 50.9 Å². The van der Waals surface area contributed by atoms with Gasteiger partial charge in [-0.15, -0.1) is 0 Å². The molecule has 0 radical (unpaired) electrons. The summed E-state index contributed by atoms with van der Waals surface area (Å²) in [5.74, 6) is 0.550. The maximum atomic E-state index is 10.3. The van der Waals surface area contributed by atoms with E-state index in [2.05, 4.69) is 21.3 Å². The normalized spacial score (nSPS) is 13.4. The summed E-state index contributed by atoms with van der Waals surface area (Å²) in [6, 6.07) is 0. The van der Waals surface area contributed by atoms with Crippen molar-refractivity contribution in [2.24, 2.45) is 11.8 Å². The molecule has 0 fully saturated rings. The Bertz CT molecular complexity index is 285. The lowest BCUT2D eigenvalue weighted by molar-refractivity contribution is 0.191. The van der Waals surface area contributed by atoms with Gasteiger partial charge in [-0.2, -0.15) is 0 Å². The second-order valence-electron chi connectivity index (χ2n) is 5.70. The molecule has 0 aromatic carbocycles. The Kier molecular flexibility index (Phi) is 12.2. The second-order valence-corrected chi connectivity index (χ2v) is 5.70. The fourth-order valence-corrected chi connectivity index (χ4v) is 1.86. The molecule has 0 aromatic heterocycles. The van der Waals surface area contributed by atoms with Gasteiger partial charge in [-0.3, -0.25) is 0 Å². The first-order valence-corrected chi connectivity index (χ1v) is 7.76. The lowest BCUT2D eigenvalue weighted by Crippen LogP contribution is -2.33. The van der Waals surface area contributed by atoms with E-state index in [0.717, 1.165) is 39.0 Å². The van der Waals surface area contributed by atoms with E-state index >= 15 is 0 Å². The predicted octanol–water partition coefficient (Wildman–Crippen LogP) is 0.753. The standard InChI is InChI=1S/C14H30N4O4/c1-11(9-17-13(19)20)7-15-5-3-4-6-16-8-12(2)10-18-14(21)22/h11-12,15-18H,3-10H2,1-2H3,(H,19,20)(H,21,22). The minimum Gasteiger partial charge on any atom is -0.465 e. The number of carboxylic acid groups (broad SMARTS) is 2. The van der Waals surface area contributed by atoms with Gasteiger partial charge in [0.15, 0.2) is 0 Å². The molecule has 130 valence electrons. The zero-order valence-electron chi connectivity index (χ0n) is 13.5. The highest BCUT2D eigenvalue weighted by atomic mass is 16.4. The second kappa shape index (κ2) is 13.1. The van der Waals surface area contributed by atoms with Crippen LogP contribution in [0.15, 0.2) is 0 Å². The van der Waals surface area contributed by atoms with Crippen LogP contribution in [0.4, 0.5) is 9.59 Å². The SMILES string of the molecule is CC(CNCCCCNCC(C)CNC(=O)O)CNC(=O)O. The van der Waals surface area contributed by atoms with E-state index < -0.39 is 12.2 Å². The zero-order valence-corrected chi connectivity index (χ0v) is 13.5. The summed E-state index contributed by atoms with van der Waals surface area (Å²) in [5.41, 5.74) is 0. The number of rotatable bonds is 13. The summed E-state index contributed by atoms with van der Waals surface area (Å²) in [4.78, 5) is 20.7. The van der Waals surface area contributed by atoms with Crippen molar-refractivity contribution in [2.45, 2.75) is 26.7 Å². The van der Waals surface area contributed by atoms with Crippen molar-refractivity contribution in [3.8, 4) is 0 Å². The Labute approximate surface area is 132 Å². The Morgan fingerprint density at radius 3 is 1.45 bits per heavy atom. The molecule has 0 spiro atoms. The van der Waals surface area contributed by atoms with E-state index in [9.17, 15) is 9.59 Å². The molecule has 0 rings (SSSR count). The maximum absolute atomic E-state index is 10.3. The van der Waals surface area contributed by atoms with Crippen LogP contribution >= 0.6 is 0 Å². The number of hydrogen-bond acceptors (Lipinski definition) is 4. The van der Waals surface area contributed by atoms with E-state index in [1.807, 2.05) is 13.8 Å². The van der Waals surface area contributed by atoms with Gasteiger partial charge in [-0.25, -0.2) is 9.59 Å². The van der Waals surface area contributed by atoms with E-state index in [1.165, 1.54) is 0 Å². The Hall–Kier alpha value is -1.54. The molecule has 2 atom stereocenters. The number of hydrogen-bond donors (Lipinski definition) is 6. The molecular weight excluding hydrogens is 288 g/mol. The van der Waals surface area contributed by atoms with Crippen LogP contribution in [-0.2, 0) is 0 Å². The quantitative estimate of drug-likeness (QED) is 0.279. The number of carbonyl (C=O) groups is 2. The highest BCUT2D eigenvalue weighted by Gasteiger charge is 2.04. The molecule has 0 heterocycles. The van der Waals surface area contributed by atoms with Gasteiger partial charge >= 0.3 is 12.2 Å². The van der Waals surface area contributed by atoms with Crippen molar-refractivity contribution in [1.82, 2.24) is 21.3 Å². The molecule has 8 nitrogen and oxygen atoms in total. The van der Waals surface area contributed by atoms with Crippen molar-refractivity contribution >= 4 is 12.2 Å². The van der Waals surface area contributed by atoms with E-state index in [1.54, 1.807) is 0 Å². The molecule has 0 aliphatic carbocycles. The lowest BCUT2D eigenvalue weighted by atomic mass is 10.1. The van der Waals surface area contributed by atoms with Gasteiger partial charge in [0.05, 0.1) is 0 Å². The van der Waals surface area contributed by atoms with Crippen LogP contribution in [-0.4, -0.2) is 61.7 Å². The van der Waals surface area contributed by atoms with Crippen LogP contribution in [0.1, 0.15) is 26.7 Å². The van der Waals surface area contributed by atoms with Crippen molar-refractivity contribution in [3.63, 3.8) is 0 Å². The summed E-state index contributed by atoms with van der Waals surface area (Å²) in [6.45, 7) is 8.34. The van der Waals surface area contributed by atoms with E-state index in [0.29, 0.717) is 13.1 Å². The third-order valence-electron chi connectivity index (χ3n) is 3.15. The first-order valence-electron chi connectivity index (χ1n) is 7.76. The Balaban J connectivity index is 3.29. The van der Waals surface area contributed by atoms with Gasteiger partial charge in [0.1, 0.15) is 0 Å². The minimum absolute atomic E-state index is 0.275. The Morgan fingerprint density at radius 2 is 1.14 bits per heavy atom. The molecule has 2 amide bonds. The lowest BCUT2D eigenvalue weighted by Gasteiger charge is -2.13. The average Bonchev–Trinajstić information content (AvgIpc) is 2.45. The highest BCUT2D eigenvalue weighted by molar-refractivity contribution is 5.64. The van der Waals surface area contributed by atoms with Gasteiger partial charge in [0.2, 0.25) is 0 Å². The summed E-state index contributed by atoms with van der Waals surface area (Å²) in [7, 11) is 0. The highest BCUT2D eigenvalue weighted by Crippen LogP contribution is 1.93. The predicted molar refractivity (Wildman–Crippen MR) is 85.4 cm³/mol. The Morgan fingerprint density at radius 1 is 0.773 bits per heavy atom. The van der Waals surface area contributed by atoms with Crippen LogP contribution in [0.25, 0.3) is 0 Å². The molecule has 2 unspecified atom stereocenters. The fourth-order valence-electron chi connectivity index (χ4n) is 1.86. The third-order valence-corrected chi connectivity index (χ3v) is 3.15. The molecule has 6 N–H and O–H groups in total. The summed E-state index contributed by atoms with van der Waals surface area (Å²) in [5, 5.41) is 28.3. The van der Waals surface area contributed by atoms with Crippen LogP contribution in [0.2, 0.25) is 0 Å². The molecule has 0 bridgehead atoms. The first kappa shape index (κ1) is 20.5. The topological polar surface area (TPSA) is 123 Å². The van der Waals surface area contributed by atoms with E-state index in [-0.39, 0.29) is 11.8 Å². The average molecular weight is 318 g/mol. The van der Waals surface area contributed by atoms with Crippen molar-refractivity contribution < 1.29 is 19.8 Å². The smallest absolute Gasteiger partial charge is 0.404 e. The van der Waals surface area contributed by atoms with Crippen LogP contribution < -0.4 is 21.3 Å². The number of unbranched alkanes of at least 4 members (excludes halogenated alkanes) is 1. The molecule has 0 aromatic rings. The zero-order chi connectivity index (χ0) is 16.8. The summed E-state index contributed by atoms with van der Waals surface area (Å²) in [6.07, 6.45) is 0.137. The van der Waals surface area contributed by atoms with Crippen LogP contribution in [0, 0.1) is 11.8 Å². The van der Waals surface area contributed by atoms with Crippen molar-refractivity contribution in [1.29, 1.82) is 0 Å². The molecule has 0 saturated carbocycles. The number of amides is 2. The summed E-state index contributed by atoms with van der Waals surface area (Å²) >= 11 is 0. The van der Waals surface area contributed by atoms with Gasteiger partial charge in [-0.1, -0.05) is 13.8 Å². The first-order chi connectivity index (χ1) is 10.4. The minimum atomic E-state index is -0.981. The largest absolute Gasteiger partial charge is 0.465 e. The van der Waals surface area contributed by atoms with Gasteiger partial charge in [0, 0.05) is 13.1 Å². The van der Waals surface area contributed by atoms with Crippen molar-refractivity contribution in [3.05, 3.63) is 0 Å². The van der Waals surface area contributed by atoms with Gasteiger partial charge < -0.3 is 31.5 Å². The van der Waals surface area contributed by atoms with E-state index in [4.69, 9.17) is 10.2 Å². The van der Waals surface area contributed by atoms with Crippen molar-refractivity contribution in [2.75, 3.05) is 39.3 Å². The summed E-state index contributed by atoms with van der Waals surface area (Å²) < 4.78 is 0. The maximum Gasteiger partial charge on any atom is 0.404 e. The molecule has 0 saturated heterocycles. The van der Waals surface area contributed by atoms with Crippen LogP contribution in [0.5, 0.6) is 0 Å².